The van der Waals surface area contributed by atoms with Gasteiger partial charge in [-0.1, -0.05) is 22.9 Å². The minimum atomic E-state index is -4.71. The van der Waals surface area contributed by atoms with Gasteiger partial charge >= 0.3 is 6.18 Å². The molecule has 0 spiro atoms. The number of nitrogens with zero attached hydrogens (tertiary/aromatic N) is 4. The van der Waals surface area contributed by atoms with Gasteiger partial charge in [0.05, 0.1) is 53.0 Å². The average molecular weight is 676 g/mol. The van der Waals surface area contributed by atoms with Crippen molar-refractivity contribution in [1.82, 2.24) is 14.5 Å². The monoisotopic (exact) mass is 675 g/mol. The summed E-state index contributed by atoms with van der Waals surface area (Å²) in [6.07, 6.45) is -4.36. The van der Waals surface area contributed by atoms with Crippen LogP contribution in [0.25, 0.3) is 11.0 Å². The van der Waals surface area contributed by atoms with E-state index in [2.05, 4.69) is 10.3 Å². The number of piperidine rings is 1. The second kappa shape index (κ2) is 13.2. The van der Waals surface area contributed by atoms with Crippen LogP contribution >= 0.6 is 10.8 Å². The number of hydrogen-bond acceptors (Lipinski definition) is 6. The van der Waals surface area contributed by atoms with Crippen molar-refractivity contribution in [2.75, 3.05) is 44.0 Å². The Morgan fingerprint density at radius 1 is 1.02 bits per heavy atom. The van der Waals surface area contributed by atoms with Crippen molar-refractivity contribution in [2.24, 2.45) is 13.0 Å². The van der Waals surface area contributed by atoms with Crippen molar-refractivity contribution in [3.05, 3.63) is 83.4 Å². The van der Waals surface area contributed by atoms with Crippen LogP contribution in [0.4, 0.5) is 28.9 Å². The number of carbonyl (C=O) groups excluding carboxylic acids is 2. The van der Waals surface area contributed by atoms with E-state index in [1.165, 1.54) is 6.92 Å². The molecule has 2 amide bonds. The molecule has 9 nitrogen and oxygen atoms in total. The van der Waals surface area contributed by atoms with Gasteiger partial charge in [-0.25, -0.2) is 9.37 Å². The summed E-state index contributed by atoms with van der Waals surface area (Å²) in [4.78, 5) is 32.7. The molecule has 2 heterocycles. The zero-order chi connectivity index (χ0) is 34.3. The maximum atomic E-state index is 14.5. The third-order valence-electron chi connectivity index (χ3n) is 8.74. The Balaban J connectivity index is 1.36. The Hall–Kier alpha value is -4.14. The van der Waals surface area contributed by atoms with Crippen molar-refractivity contribution < 1.29 is 35.5 Å². The van der Waals surface area contributed by atoms with Gasteiger partial charge in [0.1, 0.15) is 11.6 Å². The van der Waals surface area contributed by atoms with E-state index in [1.807, 2.05) is 72.4 Å². The maximum Gasteiger partial charge on any atom is 0.416 e. The van der Waals surface area contributed by atoms with Crippen LogP contribution < -0.4 is 9.62 Å². The summed E-state index contributed by atoms with van der Waals surface area (Å²) in [7, 11) is 4.61. The Morgan fingerprint density at radius 3 is 2.30 bits per heavy atom. The normalized spacial score (nSPS) is 17.5. The third-order valence-corrected chi connectivity index (χ3v) is 11.4. The van der Waals surface area contributed by atoms with Crippen molar-refractivity contribution in [3.63, 3.8) is 0 Å². The molecule has 0 saturated carbocycles. The third kappa shape index (κ3) is 6.67. The number of likely N-dealkylation sites (tertiary alicyclic amines) is 1. The van der Waals surface area contributed by atoms with Crippen molar-refractivity contribution in [1.29, 1.82) is 0 Å². The van der Waals surface area contributed by atoms with Crippen molar-refractivity contribution in [3.8, 4) is 0 Å². The molecule has 0 radical (unpaired) electrons. The molecule has 4 aromatic rings. The lowest BCUT2D eigenvalue weighted by molar-refractivity contribution is -0.137. The molecule has 1 fully saturated rings. The summed E-state index contributed by atoms with van der Waals surface area (Å²) < 4.78 is 69.5. The highest BCUT2D eigenvalue weighted by Gasteiger charge is 2.35. The topological polar surface area (TPSA) is 88.9 Å². The standard InChI is InChI=1S/C33H37F4N5O4S/c1-20-38-30-17-27(12-14-31(30)40(20)3)47(45-5,46-6)41(4)26-10-7-22(8-11-26)23-15-24(19-42(18-23)21(2)43)32(44)39-29-13-9-25(16-28(29)34)33(35,36)37/h7-14,16-17,23-24H,15,18-19H2,1-6H3,(H,39,44). The highest BCUT2D eigenvalue weighted by atomic mass is 32.3. The molecular weight excluding hydrogens is 638 g/mol. The number of benzene rings is 3. The first-order chi connectivity index (χ1) is 22.2. The van der Waals surface area contributed by atoms with E-state index in [1.54, 1.807) is 19.1 Å². The highest BCUT2D eigenvalue weighted by Crippen LogP contribution is 2.60. The number of halogens is 4. The minimum Gasteiger partial charge on any atom is -0.342 e. The number of anilines is 2. The van der Waals surface area contributed by atoms with Crippen LogP contribution in [0, 0.1) is 18.7 Å². The molecule has 0 bridgehead atoms. The molecule has 3 aromatic carbocycles. The van der Waals surface area contributed by atoms with E-state index in [-0.39, 0.29) is 24.1 Å². The fourth-order valence-corrected chi connectivity index (χ4v) is 8.20. The van der Waals surface area contributed by atoms with Crippen LogP contribution in [0.3, 0.4) is 0 Å². The van der Waals surface area contributed by atoms with Gasteiger partial charge in [-0.3, -0.25) is 22.3 Å². The predicted octanol–water partition coefficient (Wildman–Crippen LogP) is 6.97. The molecular formula is C33H37F4N5O4S. The lowest BCUT2D eigenvalue weighted by Crippen LogP contribution is -2.46. The number of nitrogens with one attached hydrogen (secondary N) is 1. The molecule has 1 N–H and O–H groups in total. The van der Waals surface area contributed by atoms with Gasteiger partial charge < -0.3 is 14.8 Å². The maximum absolute atomic E-state index is 14.5. The van der Waals surface area contributed by atoms with E-state index in [0.29, 0.717) is 25.1 Å². The van der Waals surface area contributed by atoms with E-state index >= 15 is 0 Å². The number of alkyl halides is 3. The molecule has 1 aliphatic heterocycles. The van der Waals surface area contributed by atoms with Crippen molar-refractivity contribution >= 4 is 45.0 Å². The quantitative estimate of drug-likeness (QED) is 0.203. The molecule has 1 aliphatic rings. The van der Waals surface area contributed by atoms with Crippen LogP contribution in [0.15, 0.2) is 65.6 Å². The molecule has 14 heteroatoms. The smallest absolute Gasteiger partial charge is 0.342 e. The number of aromatic nitrogens is 2. The van der Waals surface area contributed by atoms with Gasteiger partial charge in [0.2, 0.25) is 11.8 Å². The first kappa shape index (κ1) is 34.2. The number of rotatable bonds is 8. The Morgan fingerprint density at radius 2 is 1.70 bits per heavy atom. The number of amides is 2. The minimum absolute atomic E-state index is 0.106. The van der Waals surface area contributed by atoms with Crippen LogP contribution in [0.5, 0.6) is 0 Å². The number of imidazole rings is 1. The van der Waals surface area contributed by atoms with E-state index < -0.39 is 40.2 Å². The summed E-state index contributed by atoms with van der Waals surface area (Å²) in [5, 5.41) is 2.42. The summed E-state index contributed by atoms with van der Waals surface area (Å²) in [5.41, 5.74) is 1.99. The largest absolute Gasteiger partial charge is 0.416 e. The van der Waals surface area contributed by atoms with Crippen LogP contribution in [0.1, 0.15) is 36.2 Å². The molecule has 1 saturated heterocycles. The SMILES string of the molecule is COS(OC)(c1ccc2c(c1)nc(C)n2C)N(C)c1ccc(C2CC(C(=O)Nc3ccc(C(F)(F)F)cc3F)CN(C(C)=O)C2)cc1. The van der Waals surface area contributed by atoms with Gasteiger partial charge in [-0.15, -0.1) is 0 Å². The zero-order valence-corrected chi connectivity index (χ0v) is 27.7. The number of carbonyl (C=O) groups is 2. The highest BCUT2D eigenvalue weighted by molar-refractivity contribution is 8.27. The van der Waals surface area contributed by atoms with Gasteiger partial charge in [-0.2, -0.15) is 13.2 Å². The fourth-order valence-electron chi connectivity index (χ4n) is 6.01. The Labute approximate surface area is 272 Å². The summed E-state index contributed by atoms with van der Waals surface area (Å²) >= 11 is 0. The lowest BCUT2D eigenvalue weighted by atomic mass is 9.84. The first-order valence-electron chi connectivity index (χ1n) is 14.8. The summed E-state index contributed by atoms with van der Waals surface area (Å²) in [6.45, 7) is 3.83. The molecule has 1 aromatic heterocycles. The summed E-state index contributed by atoms with van der Waals surface area (Å²) in [6, 6.07) is 15.6. The lowest BCUT2D eigenvalue weighted by Gasteiger charge is -2.48. The van der Waals surface area contributed by atoms with Crippen LogP contribution in [-0.2, 0) is 31.2 Å². The van der Waals surface area contributed by atoms with Gasteiger partial charge in [-0.05, 0) is 67.4 Å². The summed E-state index contributed by atoms with van der Waals surface area (Å²) in [5.74, 6) is -2.05. The van der Waals surface area contributed by atoms with E-state index in [0.717, 1.165) is 39.1 Å². The second-order valence-electron chi connectivity index (χ2n) is 11.5. The fraction of sp³-hybridized carbons (Fsp3) is 0.364. The van der Waals surface area contributed by atoms with Crippen LogP contribution in [0.2, 0.25) is 0 Å². The Kier molecular flexibility index (Phi) is 9.58. The molecule has 252 valence electrons. The van der Waals surface area contributed by atoms with Gasteiger partial charge in [0.15, 0.2) is 0 Å². The predicted molar refractivity (Wildman–Crippen MR) is 173 cm³/mol. The van der Waals surface area contributed by atoms with E-state index in [9.17, 15) is 27.2 Å². The van der Waals surface area contributed by atoms with E-state index in [4.69, 9.17) is 8.37 Å². The molecule has 0 aliphatic carbocycles. The first-order valence-corrected chi connectivity index (χ1v) is 16.3. The number of hydrogen-bond donors (Lipinski definition) is 1. The zero-order valence-electron chi connectivity index (χ0n) is 26.9. The number of fused-ring (bicyclic) bond motifs is 1. The average Bonchev–Trinajstić information content (AvgIpc) is 3.34. The van der Waals surface area contributed by atoms with Crippen molar-refractivity contribution in [2.45, 2.75) is 37.3 Å². The Bertz CT molecular complexity index is 1790. The van der Waals surface area contributed by atoms with Gasteiger partial charge in [0.25, 0.3) is 0 Å². The van der Waals surface area contributed by atoms with Crippen LogP contribution in [-0.4, -0.2) is 60.6 Å². The molecule has 5 rings (SSSR count). The van der Waals surface area contributed by atoms with Gasteiger partial charge in [0, 0.05) is 40.0 Å². The molecule has 2 atom stereocenters. The second-order valence-corrected chi connectivity index (χ2v) is 14.1. The molecule has 47 heavy (non-hydrogen) atoms. The molecule has 2 unspecified atom stereocenters. The number of aryl methyl sites for hydroxylation is 2.